The van der Waals surface area contributed by atoms with Crippen LogP contribution in [0.25, 0.3) is 0 Å². The molecule has 1 aliphatic carbocycles. The Morgan fingerprint density at radius 3 is 2.31 bits per heavy atom. The summed E-state index contributed by atoms with van der Waals surface area (Å²) in [5.74, 6) is -0.553. The first kappa shape index (κ1) is 28.2. The molecular formula is C29H46N4O3. The molecule has 1 aliphatic heterocycles. The van der Waals surface area contributed by atoms with E-state index in [1.54, 1.807) is 11.9 Å². The van der Waals surface area contributed by atoms with Gasteiger partial charge in [0.1, 0.15) is 6.04 Å². The molecule has 0 spiro atoms. The number of carbonyl (C=O) groups is 3. The highest BCUT2D eigenvalue weighted by atomic mass is 16.2. The second kappa shape index (κ2) is 12.7. The molecule has 36 heavy (non-hydrogen) atoms. The van der Waals surface area contributed by atoms with Crippen LogP contribution in [0, 0.1) is 5.92 Å². The van der Waals surface area contributed by atoms with Gasteiger partial charge in [-0.2, -0.15) is 0 Å². The fourth-order valence-corrected chi connectivity index (χ4v) is 5.55. The lowest BCUT2D eigenvalue weighted by Gasteiger charge is -2.40. The molecule has 1 aromatic carbocycles. The number of carbonyl (C=O) groups excluding carboxylic acids is 3. The highest BCUT2D eigenvalue weighted by molar-refractivity contribution is 6.03. The van der Waals surface area contributed by atoms with Gasteiger partial charge >= 0.3 is 0 Å². The molecule has 3 unspecified atom stereocenters. The van der Waals surface area contributed by atoms with Crippen molar-refractivity contribution >= 4 is 23.4 Å². The Morgan fingerprint density at radius 2 is 1.75 bits per heavy atom. The van der Waals surface area contributed by atoms with Crippen LogP contribution in [0.5, 0.6) is 0 Å². The number of piperidine rings is 1. The fraction of sp³-hybridized carbons (Fsp3) is 0.690. The third-order valence-corrected chi connectivity index (χ3v) is 7.70. The van der Waals surface area contributed by atoms with Gasteiger partial charge in [-0.25, -0.2) is 0 Å². The Bertz CT molecular complexity index is 887. The molecule has 3 atom stereocenters. The number of rotatable bonds is 9. The number of nitrogens with zero attached hydrogens (tertiary/aromatic N) is 1. The highest BCUT2D eigenvalue weighted by Gasteiger charge is 2.41. The minimum atomic E-state index is -0.737. The van der Waals surface area contributed by atoms with Crippen LogP contribution in [0.15, 0.2) is 24.3 Å². The van der Waals surface area contributed by atoms with E-state index in [9.17, 15) is 14.4 Å². The SMILES string of the molecule is CCCC(NC)C(=O)N(c1ccc(C(C)(C)C)cc1)C(C(=O)NC1CCCCC1)C1CCNC(=O)C1. The number of nitrogens with one attached hydrogen (secondary N) is 3. The first-order valence-electron chi connectivity index (χ1n) is 13.8. The molecule has 1 saturated heterocycles. The van der Waals surface area contributed by atoms with Crippen LogP contribution in [0.3, 0.4) is 0 Å². The number of anilines is 1. The minimum absolute atomic E-state index is 0.0255. The van der Waals surface area contributed by atoms with Gasteiger partial charge in [-0.1, -0.05) is 65.5 Å². The summed E-state index contributed by atoms with van der Waals surface area (Å²) in [6.07, 6.45) is 7.77. The highest BCUT2D eigenvalue weighted by Crippen LogP contribution is 2.31. The molecule has 0 radical (unpaired) electrons. The minimum Gasteiger partial charge on any atom is -0.356 e. The van der Waals surface area contributed by atoms with Crippen molar-refractivity contribution in [3.63, 3.8) is 0 Å². The zero-order chi connectivity index (χ0) is 26.3. The molecule has 3 N–H and O–H groups in total. The zero-order valence-electron chi connectivity index (χ0n) is 22.9. The lowest BCUT2D eigenvalue weighted by atomic mass is 9.85. The van der Waals surface area contributed by atoms with E-state index in [1.165, 1.54) is 6.42 Å². The number of amides is 3. The molecule has 7 nitrogen and oxygen atoms in total. The van der Waals surface area contributed by atoms with Crippen molar-refractivity contribution in [2.45, 2.75) is 109 Å². The first-order valence-corrected chi connectivity index (χ1v) is 13.8. The fourth-order valence-electron chi connectivity index (χ4n) is 5.55. The maximum Gasteiger partial charge on any atom is 0.244 e. The van der Waals surface area contributed by atoms with E-state index in [4.69, 9.17) is 0 Å². The van der Waals surface area contributed by atoms with E-state index in [-0.39, 0.29) is 41.5 Å². The number of hydrogen-bond donors (Lipinski definition) is 3. The Hall–Kier alpha value is -2.41. The van der Waals surface area contributed by atoms with E-state index < -0.39 is 12.1 Å². The largest absolute Gasteiger partial charge is 0.356 e. The molecule has 0 bridgehead atoms. The molecule has 1 aromatic rings. The summed E-state index contributed by atoms with van der Waals surface area (Å²) >= 11 is 0. The van der Waals surface area contributed by atoms with Gasteiger partial charge in [-0.3, -0.25) is 19.3 Å². The Balaban J connectivity index is 2.04. The van der Waals surface area contributed by atoms with Gasteiger partial charge in [0.25, 0.3) is 0 Å². The Morgan fingerprint density at radius 1 is 1.08 bits per heavy atom. The molecule has 2 fully saturated rings. The summed E-state index contributed by atoms with van der Waals surface area (Å²) in [6.45, 7) is 9.05. The van der Waals surface area contributed by atoms with Crippen LogP contribution in [0.1, 0.15) is 91.0 Å². The smallest absolute Gasteiger partial charge is 0.244 e. The summed E-state index contributed by atoms with van der Waals surface area (Å²) in [7, 11) is 1.80. The predicted octanol–water partition coefficient (Wildman–Crippen LogP) is 4.05. The molecule has 200 valence electrons. The quantitative estimate of drug-likeness (QED) is 0.479. The Labute approximate surface area is 217 Å². The van der Waals surface area contributed by atoms with Crippen LogP contribution in [-0.4, -0.2) is 49.4 Å². The molecular weight excluding hydrogens is 452 g/mol. The molecule has 7 heteroatoms. The van der Waals surface area contributed by atoms with Gasteiger partial charge in [0.05, 0.1) is 6.04 Å². The number of benzene rings is 1. The summed E-state index contributed by atoms with van der Waals surface area (Å²) < 4.78 is 0. The normalized spacial score (nSPS) is 20.8. The topological polar surface area (TPSA) is 90.5 Å². The van der Waals surface area contributed by atoms with Crippen LogP contribution >= 0.6 is 0 Å². The molecule has 1 heterocycles. The van der Waals surface area contributed by atoms with Gasteiger partial charge in [0.2, 0.25) is 17.7 Å². The summed E-state index contributed by atoms with van der Waals surface area (Å²) in [5.41, 5.74) is 1.85. The monoisotopic (exact) mass is 498 g/mol. The van der Waals surface area contributed by atoms with Gasteiger partial charge < -0.3 is 16.0 Å². The van der Waals surface area contributed by atoms with Crippen molar-refractivity contribution in [1.82, 2.24) is 16.0 Å². The van der Waals surface area contributed by atoms with Crippen LogP contribution in [0.4, 0.5) is 5.69 Å². The number of likely N-dealkylation sites (N-methyl/N-ethyl adjacent to an activating group) is 1. The Kier molecular flexibility index (Phi) is 9.94. The molecule has 3 rings (SSSR count). The van der Waals surface area contributed by atoms with E-state index in [0.717, 1.165) is 37.7 Å². The molecule has 3 amide bonds. The van der Waals surface area contributed by atoms with Crippen LogP contribution in [0.2, 0.25) is 0 Å². The third-order valence-electron chi connectivity index (χ3n) is 7.70. The second-order valence-electron chi connectivity index (χ2n) is 11.5. The van der Waals surface area contributed by atoms with Crippen molar-refractivity contribution in [3.8, 4) is 0 Å². The van der Waals surface area contributed by atoms with Crippen molar-refractivity contribution in [2.75, 3.05) is 18.5 Å². The van der Waals surface area contributed by atoms with Gasteiger partial charge in [-0.15, -0.1) is 0 Å². The maximum absolute atomic E-state index is 14.1. The standard InChI is InChI=1S/C29H46N4O3/c1-6-10-24(30-5)28(36)33(23-15-13-21(14-16-23)29(2,3)4)26(20-17-18-31-25(34)19-20)27(35)32-22-11-8-7-9-12-22/h13-16,20,22,24,26,30H,6-12,17-19H2,1-5H3,(H,31,34)(H,32,35). The average molecular weight is 499 g/mol. The lowest BCUT2D eigenvalue weighted by Crippen LogP contribution is -2.60. The summed E-state index contributed by atoms with van der Waals surface area (Å²) in [6, 6.07) is 7.00. The second-order valence-corrected chi connectivity index (χ2v) is 11.5. The van der Waals surface area contributed by atoms with Crippen molar-refractivity contribution in [1.29, 1.82) is 0 Å². The van der Waals surface area contributed by atoms with Gasteiger partial charge in [0, 0.05) is 24.7 Å². The van der Waals surface area contributed by atoms with E-state index in [1.807, 2.05) is 24.3 Å². The molecule has 1 saturated carbocycles. The summed E-state index contributed by atoms with van der Waals surface area (Å²) in [5, 5.41) is 9.34. The third kappa shape index (κ3) is 7.09. The lowest BCUT2D eigenvalue weighted by molar-refractivity contribution is -0.131. The van der Waals surface area contributed by atoms with Crippen LogP contribution < -0.4 is 20.9 Å². The van der Waals surface area contributed by atoms with Gasteiger partial charge in [0.15, 0.2) is 0 Å². The van der Waals surface area contributed by atoms with Crippen molar-refractivity contribution in [3.05, 3.63) is 29.8 Å². The van der Waals surface area contributed by atoms with Crippen molar-refractivity contribution in [2.24, 2.45) is 5.92 Å². The van der Waals surface area contributed by atoms with Crippen molar-refractivity contribution < 1.29 is 14.4 Å². The summed E-state index contributed by atoms with van der Waals surface area (Å²) in [4.78, 5) is 42.2. The predicted molar refractivity (Wildman–Crippen MR) is 145 cm³/mol. The molecule has 2 aliphatic rings. The molecule has 0 aromatic heterocycles. The van der Waals surface area contributed by atoms with E-state index in [0.29, 0.717) is 25.1 Å². The zero-order valence-corrected chi connectivity index (χ0v) is 22.9. The van der Waals surface area contributed by atoms with E-state index in [2.05, 4.69) is 43.6 Å². The average Bonchev–Trinajstić information content (AvgIpc) is 2.85. The van der Waals surface area contributed by atoms with Crippen LogP contribution in [-0.2, 0) is 19.8 Å². The first-order chi connectivity index (χ1) is 17.2. The van der Waals surface area contributed by atoms with E-state index >= 15 is 0 Å². The van der Waals surface area contributed by atoms with Gasteiger partial charge in [-0.05, 0) is 61.8 Å². The maximum atomic E-state index is 14.1. The number of hydrogen-bond acceptors (Lipinski definition) is 4.